The molecule has 2 fully saturated rings. The second-order valence-electron chi connectivity index (χ2n) is 6.54. The summed E-state index contributed by atoms with van der Waals surface area (Å²) in [6.45, 7) is 10.7. The van der Waals surface area contributed by atoms with E-state index in [-0.39, 0.29) is 11.7 Å². The second-order valence-corrected chi connectivity index (χ2v) is 6.54. The highest BCUT2D eigenvalue weighted by Gasteiger charge is 2.45. The van der Waals surface area contributed by atoms with Crippen LogP contribution in [0.1, 0.15) is 59.3 Å². The molecule has 1 amide bonds. The first kappa shape index (κ1) is 15.8. The van der Waals surface area contributed by atoms with Crippen LogP contribution < -0.4 is 5.32 Å². The minimum Gasteiger partial charge on any atom is -0.324 e. The SMILES string of the molecule is CCCC1NC(C)(CC)C(=O)N1CCN1CCCCC1. The summed E-state index contributed by atoms with van der Waals surface area (Å²) in [5.74, 6) is 0.301. The Morgan fingerprint density at radius 2 is 1.90 bits per heavy atom. The lowest BCUT2D eigenvalue weighted by Crippen LogP contribution is -2.44. The van der Waals surface area contributed by atoms with E-state index in [1.807, 2.05) is 0 Å². The van der Waals surface area contributed by atoms with Crippen LogP contribution in [0.2, 0.25) is 0 Å². The van der Waals surface area contributed by atoms with Crippen molar-refractivity contribution in [3.05, 3.63) is 0 Å². The fourth-order valence-corrected chi connectivity index (χ4v) is 3.41. The molecule has 0 aromatic carbocycles. The van der Waals surface area contributed by atoms with Crippen LogP contribution in [-0.4, -0.2) is 53.6 Å². The largest absolute Gasteiger partial charge is 0.324 e. The molecule has 2 aliphatic rings. The van der Waals surface area contributed by atoms with E-state index in [9.17, 15) is 4.79 Å². The number of piperidine rings is 1. The summed E-state index contributed by atoms with van der Waals surface area (Å²) in [6, 6.07) is 0. The topological polar surface area (TPSA) is 35.6 Å². The summed E-state index contributed by atoms with van der Waals surface area (Å²) in [5.41, 5.74) is -0.346. The lowest BCUT2D eigenvalue weighted by Gasteiger charge is -2.30. The number of rotatable bonds is 6. The Kier molecular flexibility index (Phi) is 5.44. The number of carbonyl (C=O) groups excluding carboxylic acids is 1. The third-order valence-electron chi connectivity index (χ3n) is 4.97. The molecule has 0 radical (unpaired) electrons. The Balaban J connectivity index is 1.93. The molecule has 4 heteroatoms. The molecule has 0 aromatic heterocycles. The number of amides is 1. The molecule has 2 unspecified atom stereocenters. The van der Waals surface area contributed by atoms with E-state index >= 15 is 0 Å². The third-order valence-corrected chi connectivity index (χ3v) is 4.97. The van der Waals surface area contributed by atoms with Crippen LogP contribution in [0.3, 0.4) is 0 Å². The Hall–Kier alpha value is -0.610. The first-order valence-electron chi connectivity index (χ1n) is 8.42. The van der Waals surface area contributed by atoms with Crippen LogP contribution in [0.4, 0.5) is 0 Å². The lowest BCUT2D eigenvalue weighted by atomic mass is 9.99. The van der Waals surface area contributed by atoms with E-state index in [4.69, 9.17) is 0 Å². The van der Waals surface area contributed by atoms with E-state index in [1.54, 1.807) is 0 Å². The van der Waals surface area contributed by atoms with Gasteiger partial charge in [-0.3, -0.25) is 10.1 Å². The second kappa shape index (κ2) is 6.90. The molecule has 20 heavy (non-hydrogen) atoms. The molecule has 4 nitrogen and oxygen atoms in total. The maximum absolute atomic E-state index is 12.7. The Morgan fingerprint density at radius 3 is 2.50 bits per heavy atom. The van der Waals surface area contributed by atoms with E-state index in [1.165, 1.54) is 32.4 Å². The fraction of sp³-hybridized carbons (Fsp3) is 0.938. The summed E-state index contributed by atoms with van der Waals surface area (Å²) in [6.07, 6.45) is 7.28. The van der Waals surface area contributed by atoms with Crippen molar-refractivity contribution in [1.29, 1.82) is 0 Å². The van der Waals surface area contributed by atoms with Gasteiger partial charge in [0.1, 0.15) is 0 Å². The molecule has 2 rings (SSSR count). The summed E-state index contributed by atoms with van der Waals surface area (Å²) in [5, 5.41) is 3.56. The van der Waals surface area contributed by atoms with Gasteiger partial charge in [0.15, 0.2) is 0 Å². The van der Waals surface area contributed by atoms with Crippen molar-refractivity contribution in [3.8, 4) is 0 Å². The average molecular weight is 281 g/mol. The molecular weight excluding hydrogens is 250 g/mol. The predicted octanol–water partition coefficient (Wildman–Crippen LogP) is 2.20. The van der Waals surface area contributed by atoms with Crippen LogP contribution in [0, 0.1) is 0 Å². The van der Waals surface area contributed by atoms with Gasteiger partial charge in [-0.2, -0.15) is 0 Å². The highest BCUT2D eigenvalue weighted by Crippen LogP contribution is 2.25. The zero-order valence-electron chi connectivity index (χ0n) is 13.5. The van der Waals surface area contributed by atoms with Crippen molar-refractivity contribution in [3.63, 3.8) is 0 Å². The number of nitrogens with one attached hydrogen (secondary N) is 1. The molecule has 0 aromatic rings. The molecule has 2 aliphatic heterocycles. The monoisotopic (exact) mass is 281 g/mol. The van der Waals surface area contributed by atoms with Crippen molar-refractivity contribution >= 4 is 5.91 Å². The first-order valence-corrected chi connectivity index (χ1v) is 8.42. The molecule has 1 N–H and O–H groups in total. The van der Waals surface area contributed by atoms with Crippen LogP contribution in [-0.2, 0) is 4.79 Å². The van der Waals surface area contributed by atoms with Gasteiger partial charge in [-0.15, -0.1) is 0 Å². The average Bonchev–Trinajstić information content (AvgIpc) is 2.71. The number of carbonyl (C=O) groups is 1. The van der Waals surface area contributed by atoms with Crippen molar-refractivity contribution < 1.29 is 4.79 Å². The summed E-state index contributed by atoms with van der Waals surface area (Å²) < 4.78 is 0. The van der Waals surface area contributed by atoms with E-state index < -0.39 is 0 Å². The van der Waals surface area contributed by atoms with Crippen molar-refractivity contribution in [2.75, 3.05) is 26.2 Å². The molecule has 2 heterocycles. The van der Waals surface area contributed by atoms with Crippen molar-refractivity contribution in [2.45, 2.75) is 71.0 Å². The highest BCUT2D eigenvalue weighted by atomic mass is 16.2. The molecule has 2 saturated heterocycles. The predicted molar refractivity (Wildman–Crippen MR) is 82.5 cm³/mol. The first-order chi connectivity index (χ1) is 9.60. The van der Waals surface area contributed by atoms with Crippen LogP contribution in [0.25, 0.3) is 0 Å². The van der Waals surface area contributed by atoms with Gasteiger partial charge < -0.3 is 9.80 Å². The van der Waals surface area contributed by atoms with Gasteiger partial charge in [-0.1, -0.05) is 26.7 Å². The number of likely N-dealkylation sites (tertiary alicyclic amines) is 1. The van der Waals surface area contributed by atoms with Gasteiger partial charge in [0, 0.05) is 13.1 Å². The highest BCUT2D eigenvalue weighted by molar-refractivity contribution is 5.88. The van der Waals surface area contributed by atoms with E-state index in [2.05, 4.69) is 35.9 Å². The molecule has 0 bridgehead atoms. The number of hydrogen-bond acceptors (Lipinski definition) is 3. The van der Waals surface area contributed by atoms with Gasteiger partial charge in [-0.25, -0.2) is 0 Å². The summed E-state index contributed by atoms with van der Waals surface area (Å²) in [4.78, 5) is 17.3. The molecule has 0 spiro atoms. The van der Waals surface area contributed by atoms with Gasteiger partial charge in [0.2, 0.25) is 5.91 Å². The van der Waals surface area contributed by atoms with Crippen LogP contribution in [0.15, 0.2) is 0 Å². The van der Waals surface area contributed by atoms with E-state index in [0.717, 1.165) is 32.4 Å². The Bertz CT molecular complexity index is 328. The zero-order chi connectivity index (χ0) is 14.6. The van der Waals surface area contributed by atoms with E-state index in [0.29, 0.717) is 5.91 Å². The Labute approximate surface area is 123 Å². The van der Waals surface area contributed by atoms with Gasteiger partial charge in [0.25, 0.3) is 0 Å². The molecule has 2 atom stereocenters. The fourth-order valence-electron chi connectivity index (χ4n) is 3.41. The minimum absolute atomic E-state index is 0.238. The van der Waals surface area contributed by atoms with Crippen molar-refractivity contribution in [1.82, 2.24) is 15.1 Å². The van der Waals surface area contributed by atoms with Gasteiger partial charge >= 0.3 is 0 Å². The smallest absolute Gasteiger partial charge is 0.243 e. The normalized spacial score (nSPS) is 32.0. The maximum Gasteiger partial charge on any atom is 0.243 e. The minimum atomic E-state index is -0.346. The van der Waals surface area contributed by atoms with Crippen molar-refractivity contribution in [2.24, 2.45) is 0 Å². The molecular formula is C16H31N3O. The van der Waals surface area contributed by atoms with Gasteiger partial charge in [-0.05, 0) is 45.7 Å². The lowest BCUT2D eigenvalue weighted by molar-refractivity contribution is -0.133. The van der Waals surface area contributed by atoms with Crippen LogP contribution in [0.5, 0.6) is 0 Å². The molecule has 116 valence electrons. The van der Waals surface area contributed by atoms with Crippen LogP contribution >= 0.6 is 0 Å². The van der Waals surface area contributed by atoms with Gasteiger partial charge in [0.05, 0.1) is 11.7 Å². The molecule has 0 aliphatic carbocycles. The zero-order valence-corrected chi connectivity index (χ0v) is 13.5. The third kappa shape index (κ3) is 3.34. The maximum atomic E-state index is 12.7. The number of nitrogens with zero attached hydrogens (tertiary/aromatic N) is 2. The quantitative estimate of drug-likeness (QED) is 0.811. The Morgan fingerprint density at radius 1 is 1.20 bits per heavy atom. The molecule has 0 saturated carbocycles. The standard InChI is InChI=1S/C16H31N3O/c1-4-9-14-17-16(3,5-2)15(20)19(14)13-12-18-10-7-6-8-11-18/h14,17H,4-13H2,1-3H3. The summed E-state index contributed by atoms with van der Waals surface area (Å²) >= 11 is 0. The number of hydrogen-bond donors (Lipinski definition) is 1. The summed E-state index contributed by atoms with van der Waals surface area (Å²) in [7, 11) is 0.